The molecule has 0 aromatic heterocycles. The number of rotatable bonds is 54. The van der Waals surface area contributed by atoms with Crippen LogP contribution in [0, 0.1) is 0 Å². The van der Waals surface area contributed by atoms with E-state index in [1.807, 2.05) is 0 Å². The molecule has 0 bridgehead atoms. The van der Waals surface area contributed by atoms with Crippen LogP contribution >= 0.6 is 7.82 Å². The van der Waals surface area contributed by atoms with Gasteiger partial charge in [-0.15, -0.1) is 0 Å². The predicted molar refractivity (Wildman–Crippen MR) is 284 cm³/mol. The van der Waals surface area contributed by atoms with Crippen LogP contribution in [0.5, 0.6) is 0 Å². The van der Waals surface area contributed by atoms with Crippen molar-refractivity contribution < 1.29 is 37.6 Å². The minimum atomic E-state index is -4.38. The quantitative estimate of drug-likeness (QED) is 0.0264. The highest BCUT2D eigenvalue weighted by molar-refractivity contribution is 7.47. The Balaban J connectivity index is 3.89. The van der Waals surface area contributed by atoms with Crippen molar-refractivity contribution >= 4 is 19.8 Å². The minimum absolute atomic E-state index is 0.0554. The molecule has 0 aliphatic heterocycles. The lowest BCUT2D eigenvalue weighted by Crippen LogP contribution is -2.29. The van der Waals surface area contributed by atoms with Crippen LogP contribution < -0.4 is 5.73 Å². The first kappa shape index (κ1) is 65.2. The maximum Gasteiger partial charge on any atom is 0.472 e. The second-order valence-corrected chi connectivity index (χ2v) is 20.6. The number of hydrogen-bond acceptors (Lipinski definition) is 8. The summed E-state index contributed by atoms with van der Waals surface area (Å²) in [6.45, 7) is 3.77. The van der Waals surface area contributed by atoms with Gasteiger partial charge in [0.1, 0.15) is 6.61 Å². The van der Waals surface area contributed by atoms with Crippen molar-refractivity contribution in [2.45, 2.75) is 290 Å². The van der Waals surface area contributed by atoms with Gasteiger partial charge in [-0.3, -0.25) is 18.6 Å². The van der Waals surface area contributed by atoms with Crippen molar-refractivity contribution in [3.63, 3.8) is 0 Å². The Morgan fingerprint density at radius 2 is 0.776 bits per heavy atom. The number of allylic oxidation sites excluding steroid dienone is 6. The number of hydrogen-bond donors (Lipinski definition) is 2. The molecule has 0 fully saturated rings. The number of phosphoric acid groups is 1. The van der Waals surface area contributed by atoms with E-state index in [-0.39, 0.29) is 38.6 Å². The summed E-state index contributed by atoms with van der Waals surface area (Å²) in [6.07, 6.45) is 63.4. The van der Waals surface area contributed by atoms with E-state index in [2.05, 4.69) is 50.3 Å². The van der Waals surface area contributed by atoms with Crippen LogP contribution in [-0.2, 0) is 32.7 Å². The molecular weight excluding hydrogens is 858 g/mol. The lowest BCUT2D eigenvalue weighted by molar-refractivity contribution is -0.161. The fourth-order valence-corrected chi connectivity index (χ4v) is 9.06. The molecule has 0 aliphatic rings. The highest BCUT2D eigenvalue weighted by atomic mass is 31.2. The summed E-state index contributed by atoms with van der Waals surface area (Å²) in [5.41, 5.74) is 5.37. The van der Waals surface area contributed by atoms with Gasteiger partial charge in [0.25, 0.3) is 0 Å². The number of unbranched alkanes of at least 4 members (excludes halogenated alkanes) is 35. The third-order valence-corrected chi connectivity index (χ3v) is 13.5. The average molecular weight is 966 g/mol. The van der Waals surface area contributed by atoms with E-state index < -0.39 is 26.5 Å². The molecule has 0 aromatic carbocycles. The number of phosphoric ester groups is 1. The number of carbonyl (C=O) groups is 2. The van der Waals surface area contributed by atoms with Gasteiger partial charge in [-0.2, -0.15) is 0 Å². The second-order valence-electron chi connectivity index (χ2n) is 19.2. The number of nitrogens with two attached hydrogens (primary N) is 1. The minimum Gasteiger partial charge on any atom is -0.462 e. The average Bonchev–Trinajstić information content (AvgIpc) is 3.32. The molecule has 9 nitrogen and oxygen atoms in total. The van der Waals surface area contributed by atoms with Gasteiger partial charge in [-0.1, -0.05) is 256 Å². The standard InChI is InChI=1S/C57H108NO8P/c1-3-5-7-9-11-13-15-17-19-20-21-22-23-24-25-26-27-28-29-30-31-32-33-34-36-38-40-42-44-46-48-50-57(60)66-55(54-65-67(61,62)64-52-51-58)53-63-56(59)49-47-45-43-41-39-37-35-18-16-14-12-10-8-6-4-2/h15,17,20-21,23-24,55H,3-14,16,18-19,22,25-54,58H2,1-2H3,(H,61,62)/b17-15-,21-20-,24-23-. The van der Waals surface area contributed by atoms with E-state index in [1.54, 1.807) is 0 Å². The second kappa shape index (κ2) is 53.6. The fourth-order valence-electron chi connectivity index (χ4n) is 8.29. The summed E-state index contributed by atoms with van der Waals surface area (Å²) < 4.78 is 33.0. The van der Waals surface area contributed by atoms with E-state index in [4.69, 9.17) is 24.3 Å². The molecule has 0 saturated carbocycles. The first-order valence-corrected chi connectivity index (χ1v) is 30.0. The van der Waals surface area contributed by atoms with Gasteiger partial charge < -0.3 is 20.1 Å². The van der Waals surface area contributed by atoms with Crippen LogP contribution in [0.25, 0.3) is 0 Å². The highest BCUT2D eigenvalue weighted by Gasteiger charge is 2.26. The monoisotopic (exact) mass is 966 g/mol. The van der Waals surface area contributed by atoms with E-state index in [0.29, 0.717) is 6.42 Å². The van der Waals surface area contributed by atoms with E-state index in [0.717, 1.165) is 44.9 Å². The van der Waals surface area contributed by atoms with Gasteiger partial charge in [0.05, 0.1) is 13.2 Å². The SMILES string of the molecule is CCCCCCC/C=C\C/C=C\C/C=C\CCCCCCCCCCCCCCCCCCC(=O)OC(COC(=O)CCCCCCCCCCCCCCCCC)COP(=O)(O)OCCN. The first-order chi connectivity index (χ1) is 32.8. The Bertz CT molecular complexity index is 1190. The van der Waals surface area contributed by atoms with E-state index in [9.17, 15) is 19.0 Å². The van der Waals surface area contributed by atoms with Crippen LogP contribution in [0.2, 0.25) is 0 Å². The molecule has 394 valence electrons. The Labute approximate surface area is 414 Å². The molecule has 0 radical (unpaired) electrons. The summed E-state index contributed by atoms with van der Waals surface area (Å²) >= 11 is 0. The fraction of sp³-hybridized carbons (Fsp3) is 0.860. The van der Waals surface area contributed by atoms with Gasteiger partial charge >= 0.3 is 19.8 Å². The maximum atomic E-state index is 12.7. The molecule has 0 amide bonds. The molecule has 3 N–H and O–H groups in total. The van der Waals surface area contributed by atoms with Crippen LogP contribution in [0.4, 0.5) is 0 Å². The third-order valence-electron chi connectivity index (χ3n) is 12.5. The molecule has 2 atom stereocenters. The van der Waals surface area contributed by atoms with Crippen molar-refractivity contribution in [2.75, 3.05) is 26.4 Å². The molecule has 67 heavy (non-hydrogen) atoms. The lowest BCUT2D eigenvalue weighted by atomic mass is 10.0. The summed E-state index contributed by atoms with van der Waals surface area (Å²) in [7, 11) is -4.38. The smallest absolute Gasteiger partial charge is 0.462 e. The van der Waals surface area contributed by atoms with Crippen LogP contribution in [0.3, 0.4) is 0 Å². The Kier molecular flexibility index (Phi) is 52.2. The molecule has 0 rings (SSSR count). The molecule has 0 spiro atoms. The van der Waals surface area contributed by atoms with Gasteiger partial charge in [0, 0.05) is 19.4 Å². The number of ether oxygens (including phenoxy) is 2. The summed E-state index contributed by atoms with van der Waals surface area (Å²) in [5.74, 6) is -0.813. The highest BCUT2D eigenvalue weighted by Crippen LogP contribution is 2.43. The summed E-state index contributed by atoms with van der Waals surface area (Å²) in [4.78, 5) is 35.1. The zero-order valence-corrected chi connectivity index (χ0v) is 44.8. The van der Waals surface area contributed by atoms with Crippen LogP contribution in [-0.4, -0.2) is 49.3 Å². The van der Waals surface area contributed by atoms with Crippen molar-refractivity contribution in [3.05, 3.63) is 36.5 Å². The van der Waals surface area contributed by atoms with E-state index in [1.165, 1.54) is 205 Å². The molecule has 10 heteroatoms. The van der Waals surface area contributed by atoms with Crippen LogP contribution in [0.1, 0.15) is 284 Å². The van der Waals surface area contributed by atoms with E-state index >= 15 is 0 Å². The van der Waals surface area contributed by atoms with Crippen molar-refractivity contribution in [3.8, 4) is 0 Å². The van der Waals surface area contributed by atoms with Gasteiger partial charge in [0.15, 0.2) is 6.10 Å². The number of esters is 2. The number of carbonyl (C=O) groups excluding carboxylic acids is 2. The Morgan fingerprint density at radius 1 is 0.448 bits per heavy atom. The molecule has 2 unspecified atom stereocenters. The lowest BCUT2D eigenvalue weighted by Gasteiger charge is -2.19. The molecule has 0 aromatic rings. The Hall–Kier alpha value is -1.77. The zero-order valence-electron chi connectivity index (χ0n) is 43.9. The zero-order chi connectivity index (χ0) is 48.8. The maximum absolute atomic E-state index is 12.7. The first-order valence-electron chi connectivity index (χ1n) is 28.5. The van der Waals surface area contributed by atoms with Crippen molar-refractivity contribution in [1.29, 1.82) is 0 Å². The Morgan fingerprint density at radius 3 is 1.15 bits per heavy atom. The molecular formula is C57H108NO8P. The summed E-state index contributed by atoms with van der Waals surface area (Å²) in [6, 6.07) is 0. The molecule has 0 saturated heterocycles. The topological polar surface area (TPSA) is 134 Å². The summed E-state index contributed by atoms with van der Waals surface area (Å²) in [5, 5.41) is 0. The normalized spacial score (nSPS) is 13.3. The van der Waals surface area contributed by atoms with Crippen molar-refractivity contribution in [2.24, 2.45) is 5.73 Å². The largest absolute Gasteiger partial charge is 0.472 e. The molecule has 0 heterocycles. The van der Waals surface area contributed by atoms with Gasteiger partial charge in [0.2, 0.25) is 0 Å². The van der Waals surface area contributed by atoms with Gasteiger partial charge in [-0.05, 0) is 51.4 Å². The third kappa shape index (κ3) is 53.4. The van der Waals surface area contributed by atoms with Gasteiger partial charge in [-0.25, -0.2) is 4.57 Å². The molecule has 0 aliphatic carbocycles. The van der Waals surface area contributed by atoms with Crippen LogP contribution in [0.15, 0.2) is 36.5 Å². The van der Waals surface area contributed by atoms with Crippen molar-refractivity contribution in [1.82, 2.24) is 0 Å². The predicted octanol–water partition coefficient (Wildman–Crippen LogP) is 17.6.